The van der Waals surface area contributed by atoms with Crippen molar-refractivity contribution in [2.45, 2.75) is 51.6 Å². The summed E-state index contributed by atoms with van der Waals surface area (Å²) in [7, 11) is 0. The SMILES string of the molecule is CC(C)CNc1cc(Cl)cn2c(-c3ccc(C(=O)NC4CC4)cc3)cnc12.O=C(NC1CC1)c1ccc(-c2cnc3c(Cl)cc(Cl)cn23)cc1. The second kappa shape index (κ2) is 14.3. The van der Waals surface area contributed by atoms with E-state index in [1.54, 1.807) is 18.5 Å². The van der Waals surface area contributed by atoms with Crippen LogP contribution in [0.2, 0.25) is 15.1 Å². The number of halogens is 3. The first-order valence-corrected chi connectivity index (χ1v) is 17.8. The second-order valence-corrected chi connectivity index (χ2v) is 14.5. The van der Waals surface area contributed by atoms with Crippen molar-refractivity contribution in [3.8, 4) is 22.5 Å². The predicted molar refractivity (Wildman–Crippen MR) is 201 cm³/mol. The minimum absolute atomic E-state index is 0.00888. The van der Waals surface area contributed by atoms with Crippen molar-refractivity contribution in [1.82, 2.24) is 29.4 Å². The van der Waals surface area contributed by atoms with Gasteiger partial charge in [-0.1, -0.05) is 72.9 Å². The van der Waals surface area contributed by atoms with Crippen molar-refractivity contribution in [2.24, 2.45) is 5.92 Å². The smallest absolute Gasteiger partial charge is 0.251 e. The number of nitrogens with one attached hydrogen (secondary N) is 3. The number of pyridine rings is 2. The van der Waals surface area contributed by atoms with E-state index in [4.69, 9.17) is 34.8 Å². The van der Waals surface area contributed by atoms with Gasteiger partial charge in [-0.15, -0.1) is 0 Å². The van der Waals surface area contributed by atoms with Gasteiger partial charge in [0, 0.05) is 53.3 Å². The Morgan fingerprint density at radius 2 is 1.18 bits per heavy atom. The van der Waals surface area contributed by atoms with Crippen LogP contribution in [0.1, 0.15) is 60.2 Å². The van der Waals surface area contributed by atoms with E-state index in [0.717, 1.165) is 66.1 Å². The fourth-order valence-electron chi connectivity index (χ4n) is 5.52. The van der Waals surface area contributed by atoms with Crippen LogP contribution in [0.5, 0.6) is 0 Å². The zero-order valence-electron chi connectivity index (χ0n) is 27.6. The lowest BCUT2D eigenvalue weighted by Crippen LogP contribution is -2.25. The number of carbonyl (C=O) groups excluding carboxylic acids is 2. The van der Waals surface area contributed by atoms with Gasteiger partial charge in [-0.05, 0) is 68.0 Å². The monoisotopic (exact) mass is 727 g/mol. The van der Waals surface area contributed by atoms with E-state index < -0.39 is 0 Å². The number of benzene rings is 2. The molecule has 0 spiro atoms. The number of amides is 2. The van der Waals surface area contributed by atoms with Gasteiger partial charge < -0.3 is 16.0 Å². The zero-order valence-corrected chi connectivity index (χ0v) is 29.9. The summed E-state index contributed by atoms with van der Waals surface area (Å²) < 4.78 is 3.84. The molecule has 0 aliphatic heterocycles. The average molecular weight is 729 g/mol. The van der Waals surface area contributed by atoms with Crippen LogP contribution in [-0.2, 0) is 0 Å². The summed E-state index contributed by atoms with van der Waals surface area (Å²) in [6.07, 6.45) is 11.5. The van der Waals surface area contributed by atoms with E-state index in [2.05, 4.69) is 39.8 Å². The summed E-state index contributed by atoms with van der Waals surface area (Å²) in [6, 6.07) is 19.3. The van der Waals surface area contributed by atoms with E-state index in [1.807, 2.05) is 75.8 Å². The highest BCUT2D eigenvalue weighted by molar-refractivity contribution is 6.36. The summed E-state index contributed by atoms with van der Waals surface area (Å²) in [4.78, 5) is 33.1. The fourth-order valence-corrected chi connectivity index (χ4v) is 6.24. The molecule has 3 N–H and O–H groups in total. The summed E-state index contributed by atoms with van der Waals surface area (Å²) in [5, 5.41) is 11.1. The summed E-state index contributed by atoms with van der Waals surface area (Å²) in [5.74, 6) is 0.487. The maximum Gasteiger partial charge on any atom is 0.251 e. The normalized spacial score (nSPS) is 14.0. The molecule has 2 amide bonds. The summed E-state index contributed by atoms with van der Waals surface area (Å²) in [6.45, 7) is 5.17. The van der Waals surface area contributed by atoms with Gasteiger partial charge in [0.15, 0.2) is 11.3 Å². The molecule has 0 radical (unpaired) electrons. The molecule has 8 rings (SSSR count). The van der Waals surface area contributed by atoms with Gasteiger partial charge in [0.25, 0.3) is 11.8 Å². The number of rotatable bonds is 9. The van der Waals surface area contributed by atoms with Gasteiger partial charge in [0.05, 0.1) is 44.5 Å². The molecule has 9 nitrogen and oxygen atoms in total. The molecule has 4 heterocycles. The molecule has 0 unspecified atom stereocenters. The van der Waals surface area contributed by atoms with Crippen LogP contribution in [0.3, 0.4) is 0 Å². The van der Waals surface area contributed by atoms with Crippen LogP contribution in [0.4, 0.5) is 5.69 Å². The van der Waals surface area contributed by atoms with Crippen molar-refractivity contribution >= 4 is 63.6 Å². The first-order chi connectivity index (χ1) is 24.1. The third-order valence-electron chi connectivity index (χ3n) is 8.51. The van der Waals surface area contributed by atoms with Gasteiger partial charge in [0.1, 0.15) is 0 Å². The van der Waals surface area contributed by atoms with E-state index in [1.165, 1.54) is 0 Å². The molecule has 12 heteroatoms. The van der Waals surface area contributed by atoms with E-state index in [9.17, 15) is 9.59 Å². The molecule has 2 saturated carbocycles. The molecule has 0 saturated heterocycles. The summed E-state index contributed by atoms with van der Waals surface area (Å²) in [5.41, 5.74) is 7.49. The minimum Gasteiger partial charge on any atom is -0.382 e. The second-order valence-electron chi connectivity index (χ2n) is 13.2. The maximum atomic E-state index is 12.2. The first-order valence-electron chi connectivity index (χ1n) is 16.7. The van der Waals surface area contributed by atoms with E-state index in [-0.39, 0.29) is 11.8 Å². The topological polar surface area (TPSA) is 105 Å². The van der Waals surface area contributed by atoms with E-state index >= 15 is 0 Å². The molecule has 256 valence electrons. The molecule has 2 aliphatic rings. The van der Waals surface area contributed by atoms with E-state index in [0.29, 0.717) is 49.8 Å². The lowest BCUT2D eigenvalue weighted by atomic mass is 10.1. The Morgan fingerprint density at radius 3 is 1.66 bits per heavy atom. The summed E-state index contributed by atoms with van der Waals surface area (Å²) >= 11 is 18.6. The highest BCUT2D eigenvalue weighted by Crippen LogP contribution is 2.30. The maximum absolute atomic E-state index is 12.2. The lowest BCUT2D eigenvalue weighted by molar-refractivity contribution is 0.0942. The van der Waals surface area contributed by atoms with Gasteiger partial charge >= 0.3 is 0 Å². The predicted octanol–water partition coefficient (Wildman–Crippen LogP) is 8.82. The Kier molecular flexibility index (Phi) is 9.73. The third kappa shape index (κ3) is 7.75. The van der Waals surface area contributed by atoms with Gasteiger partial charge in [-0.3, -0.25) is 18.4 Å². The Balaban J connectivity index is 0.000000159. The Labute approximate surface area is 305 Å². The zero-order chi connectivity index (χ0) is 34.9. The largest absolute Gasteiger partial charge is 0.382 e. The number of carbonyl (C=O) groups is 2. The molecule has 0 bridgehead atoms. The van der Waals surface area contributed by atoms with Crippen LogP contribution in [0.15, 0.2) is 85.5 Å². The van der Waals surface area contributed by atoms with Crippen molar-refractivity contribution in [3.05, 3.63) is 112 Å². The quantitative estimate of drug-likeness (QED) is 0.138. The molecular formula is C38H36Cl3N7O2. The average Bonchev–Trinajstić information content (AvgIpc) is 4.01. The van der Waals surface area contributed by atoms with Crippen molar-refractivity contribution in [3.63, 3.8) is 0 Å². The van der Waals surface area contributed by atoms with Gasteiger partial charge in [0.2, 0.25) is 0 Å². The molecule has 2 aliphatic carbocycles. The lowest BCUT2D eigenvalue weighted by Gasteiger charge is -2.11. The Bertz CT molecular complexity index is 2190. The Hall–Kier alpha value is -4.57. The molecule has 6 aromatic rings. The molecular weight excluding hydrogens is 693 g/mol. The highest BCUT2D eigenvalue weighted by Gasteiger charge is 2.24. The van der Waals surface area contributed by atoms with Crippen LogP contribution < -0.4 is 16.0 Å². The molecule has 2 aromatic carbocycles. The number of hydrogen-bond donors (Lipinski definition) is 3. The molecule has 2 fully saturated rings. The number of nitrogens with zero attached hydrogens (tertiary/aromatic N) is 4. The van der Waals surface area contributed by atoms with Crippen molar-refractivity contribution in [2.75, 3.05) is 11.9 Å². The number of imidazole rings is 2. The first kappa shape index (κ1) is 33.9. The van der Waals surface area contributed by atoms with Crippen LogP contribution in [0, 0.1) is 5.92 Å². The molecule has 4 aromatic heterocycles. The molecule has 0 atom stereocenters. The highest BCUT2D eigenvalue weighted by atomic mass is 35.5. The number of hydrogen-bond acceptors (Lipinski definition) is 5. The van der Waals surface area contributed by atoms with Crippen LogP contribution in [-0.4, -0.2) is 49.2 Å². The number of fused-ring (bicyclic) bond motifs is 2. The molecule has 50 heavy (non-hydrogen) atoms. The van der Waals surface area contributed by atoms with Crippen LogP contribution in [0.25, 0.3) is 33.8 Å². The number of aromatic nitrogens is 4. The van der Waals surface area contributed by atoms with Crippen molar-refractivity contribution in [1.29, 1.82) is 0 Å². The Morgan fingerprint density at radius 1 is 0.720 bits per heavy atom. The van der Waals surface area contributed by atoms with Crippen LogP contribution >= 0.6 is 34.8 Å². The van der Waals surface area contributed by atoms with Gasteiger partial charge in [-0.2, -0.15) is 0 Å². The standard InChI is InChI=1S/C21H23ClN4O.C17H13Cl2N3O/c1-13(2)10-23-18-9-16(22)12-26-19(11-24-20(18)26)14-3-5-15(6-4-14)21(27)25-17-7-8-17;18-12-7-14(19)16-20-8-15(22(16)9-12)10-1-3-11(4-2-10)17(23)21-13-5-6-13/h3-6,9,11-13,17,23H,7-8,10H2,1-2H3,(H,25,27);1-4,7-9,13H,5-6H2,(H,21,23). The van der Waals surface area contributed by atoms with Gasteiger partial charge in [-0.25, -0.2) is 9.97 Å². The minimum atomic E-state index is -0.0247. The van der Waals surface area contributed by atoms with Crippen molar-refractivity contribution < 1.29 is 9.59 Å². The third-order valence-corrected chi connectivity index (χ3v) is 9.20. The number of anilines is 1. The fraction of sp³-hybridized carbons (Fsp3) is 0.263.